The van der Waals surface area contributed by atoms with Crippen LogP contribution >= 0.6 is 0 Å². The number of nitrogens with one attached hydrogen (secondary N) is 1. The first-order valence-electron chi connectivity index (χ1n) is 15.9. The molecule has 0 saturated carbocycles. The van der Waals surface area contributed by atoms with Crippen molar-refractivity contribution in [1.82, 2.24) is 14.9 Å². The van der Waals surface area contributed by atoms with Crippen LogP contribution in [-0.2, 0) is 27.3 Å². The molecule has 234 valence electrons. The molecule has 0 unspecified atom stereocenters. The number of benzene rings is 3. The Kier molecular flexibility index (Phi) is 10.2. The van der Waals surface area contributed by atoms with Crippen molar-refractivity contribution in [2.75, 3.05) is 20.1 Å². The zero-order valence-electron chi connectivity index (χ0n) is 26.7. The van der Waals surface area contributed by atoms with Crippen LogP contribution < -0.4 is 0 Å². The van der Waals surface area contributed by atoms with Crippen LogP contribution in [0.3, 0.4) is 0 Å². The maximum atomic E-state index is 14.7. The van der Waals surface area contributed by atoms with Crippen LogP contribution in [0.1, 0.15) is 81.5 Å². The Hall–Kier alpha value is -3.55. The Morgan fingerprint density at radius 2 is 1.77 bits per heavy atom. The Morgan fingerprint density at radius 3 is 2.50 bits per heavy atom. The smallest absolute Gasteiger partial charge is 0.308 e. The molecule has 0 amide bonds. The van der Waals surface area contributed by atoms with Gasteiger partial charge in [0.1, 0.15) is 17.2 Å². The fraction of sp³-hybridized carbons (Fsp3) is 0.459. The summed E-state index contributed by atoms with van der Waals surface area (Å²) in [5.74, 6) is 0.302. The quantitative estimate of drug-likeness (QED) is 0.158. The van der Waals surface area contributed by atoms with Gasteiger partial charge in [-0.3, -0.25) is 4.79 Å². The predicted octanol–water partition coefficient (Wildman–Crippen LogP) is 8.00. The predicted molar refractivity (Wildman–Crippen MR) is 173 cm³/mol. The number of nitrogens with zero attached hydrogens (tertiary/aromatic N) is 2. The number of ether oxygens (including phenoxy) is 2. The highest BCUT2D eigenvalue weighted by Gasteiger charge is 2.51. The third-order valence-corrected chi connectivity index (χ3v) is 8.87. The van der Waals surface area contributed by atoms with Crippen LogP contribution in [0.5, 0.6) is 0 Å². The van der Waals surface area contributed by atoms with Crippen molar-refractivity contribution < 1.29 is 18.7 Å². The topological polar surface area (TPSA) is 67.5 Å². The van der Waals surface area contributed by atoms with Crippen LogP contribution in [0.2, 0.25) is 0 Å². The number of aromatic amines is 1. The molecule has 4 aromatic rings. The van der Waals surface area contributed by atoms with Crippen molar-refractivity contribution in [1.29, 1.82) is 0 Å². The van der Waals surface area contributed by atoms with Crippen molar-refractivity contribution in [3.05, 3.63) is 101 Å². The molecule has 1 N–H and O–H groups in total. The molecule has 0 bridgehead atoms. The number of H-pyrrole nitrogens is 1. The van der Waals surface area contributed by atoms with Gasteiger partial charge in [0.05, 0.1) is 29.7 Å². The molecule has 7 heteroatoms. The van der Waals surface area contributed by atoms with Crippen LogP contribution in [0, 0.1) is 17.7 Å². The van der Waals surface area contributed by atoms with Gasteiger partial charge in [0.2, 0.25) is 0 Å². The standard InChI is InChI=1S/C37H46FN3O3/c1-25(2)35-29-18-17-28(38)22-30(29)33(43-24-27-12-7-6-8-13-27)23-37(35,44-36(42)26(3)4)19-21-41(5)20-11-16-34-39-31-14-9-10-15-32(31)40-34/h6-10,12-15,17-18,22,25-26,33,35H,11,16,19-21,23-24H2,1-5H3,(H,39,40)/t33-,35-,37+/m0/s1. The number of carbonyl (C=O) groups is 1. The molecule has 44 heavy (non-hydrogen) atoms. The van der Waals surface area contributed by atoms with E-state index in [1.54, 1.807) is 6.07 Å². The van der Waals surface area contributed by atoms with E-state index in [4.69, 9.17) is 14.5 Å². The van der Waals surface area contributed by atoms with E-state index in [2.05, 4.69) is 36.8 Å². The number of esters is 1. The van der Waals surface area contributed by atoms with Crippen molar-refractivity contribution in [3.63, 3.8) is 0 Å². The lowest BCUT2D eigenvalue weighted by Crippen LogP contribution is -2.50. The third kappa shape index (κ3) is 7.39. The number of fused-ring (bicyclic) bond motifs is 2. The molecule has 0 spiro atoms. The van der Waals surface area contributed by atoms with E-state index in [0.29, 0.717) is 19.4 Å². The van der Waals surface area contributed by atoms with Crippen molar-refractivity contribution in [3.8, 4) is 0 Å². The molecule has 0 saturated heterocycles. The number of hydrogen-bond donors (Lipinski definition) is 1. The Morgan fingerprint density at radius 1 is 1.02 bits per heavy atom. The summed E-state index contributed by atoms with van der Waals surface area (Å²) in [5.41, 5.74) is 4.17. The zero-order chi connectivity index (χ0) is 31.3. The van der Waals surface area contributed by atoms with Gasteiger partial charge < -0.3 is 19.4 Å². The molecule has 3 aromatic carbocycles. The SMILES string of the molecule is CC(C)C(=O)O[C@]1(CCN(C)CCCc2nc3ccccc3[nH]2)C[C@H](OCc2ccccc2)c2cc(F)ccc2[C@@H]1C(C)C. The summed E-state index contributed by atoms with van der Waals surface area (Å²) >= 11 is 0. The van der Waals surface area contributed by atoms with E-state index in [1.807, 2.05) is 68.4 Å². The third-order valence-electron chi connectivity index (χ3n) is 8.87. The first-order valence-corrected chi connectivity index (χ1v) is 15.9. The molecule has 0 aliphatic heterocycles. The van der Waals surface area contributed by atoms with Crippen molar-refractivity contribution in [2.45, 2.75) is 77.6 Å². The number of imidazole rings is 1. The zero-order valence-corrected chi connectivity index (χ0v) is 26.7. The Labute approximate surface area is 261 Å². The summed E-state index contributed by atoms with van der Waals surface area (Å²) in [4.78, 5) is 23.8. The van der Waals surface area contributed by atoms with Gasteiger partial charge in [-0.25, -0.2) is 9.37 Å². The number of halogens is 1. The molecule has 1 aliphatic carbocycles. The van der Waals surface area contributed by atoms with Gasteiger partial charge in [-0.1, -0.05) is 76.2 Å². The molecular weight excluding hydrogens is 553 g/mol. The van der Waals surface area contributed by atoms with E-state index < -0.39 is 11.7 Å². The number of aryl methyl sites for hydroxylation is 1. The van der Waals surface area contributed by atoms with Gasteiger partial charge in [-0.2, -0.15) is 0 Å². The van der Waals surface area contributed by atoms with Crippen LogP contribution in [-0.4, -0.2) is 46.6 Å². The molecule has 1 aliphatic rings. The summed E-state index contributed by atoms with van der Waals surface area (Å²) in [7, 11) is 2.12. The monoisotopic (exact) mass is 599 g/mol. The highest BCUT2D eigenvalue weighted by Crippen LogP contribution is 2.53. The highest BCUT2D eigenvalue weighted by molar-refractivity contribution is 5.74. The summed E-state index contributed by atoms with van der Waals surface area (Å²) in [5, 5.41) is 0. The normalized spacial score (nSPS) is 20.0. The largest absolute Gasteiger partial charge is 0.458 e. The average molecular weight is 600 g/mol. The van der Waals surface area contributed by atoms with Gasteiger partial charge >= 0.3 is 5.97 Å². The van der Waals surface area contributed by atoms with E-state index in [-0.39, 0.29) is 29.5 Å². The molecule has 0 radical (unpaired) electrons. The van der Waals surface area contributed by atoms with Crippen LogP contribution in [0.25, 0.3) is 11.0 Å². The van der Waals surface area contributed by atoms with Gasteiger partial charge in [0.25, 0.3) is 0 Å². The average Bonchev–Trinajstić information content (AvgIpc) is 3.42. The van der Waals surface area contributed by atoms with E-state index >= 15 is 0 Å². The van der Waals surface area contributed by atoms with Crippen molar-refractivity contribution in [2.24, 2.45) is 11.8 Å². The Balaban J connectivity index is 1.37. The maximum absolute atomic E-state index is 14.7. The minimum absolute atomic E-state index is 0.0960. The second-order valence-electron chi connectivity index (χ2n) is 13.0. The second kappa shape index (κ2) is 14.0. The molecule has 1 heterocycles. The van der Waals surface area contributed by atoms with E-state index in [0.717, 1.165) is 59.5 Å². The second-order valence-corrected chi connectivity index (χ2v) is 13.0. The lowest BCUT2D eigenvalue weighted by Gasteiger charge is -2.49. The number of aromatic nitrogens is 2. The van der Waals surface area contributed by atoms with E-state index in [1.165, 1.54) is 6.07 Å². The van der Waals surface area contributed by atoms with Crippen LogP contribution in [0.4, 0.5) is 4.39 Å². The molecule has 1 aromatic heterocycles. The van der Waals surface area contributed by atoms with Gasteiger partial charge in [-0.15, -0.1) is 0 Å². The molecular formula is C37H46FN3O3. The summed E-state index contributed by atoms with van der Waals surface area (Å²) in [6.45, 7) is 10.1. The molecule has 0 fully saturated rings. The lowest BCUT2D eigenvalue weighted by molar-refractivity contribution is -0.178. The van der Waals surface area contributed by atoms with Crippen molar-refractivity contribution >= 4 is 17.0 Å². The number of hydrogen-bond acceptors (Lipinski definition) is 5. The first kappa shape index (κ1) is 31.9. The number of carbonyl (C=O) groups excluding carboxylic acids is 1. The fourth-order valence-electron chi connectivity index (χ4n) is 6.69. The lowest BCUT2D eigenvalue weighted by atomic mass is 9.64. The summed E-state index contributed by atoms with van der Waals surface area (Å²) in [6, 6.07) is 23.1. The molecule has 3 atom stereocenters. The van der Waals surface area contributed by atoms with E-state index in [9.17, 15) is 9.18 Å². The molecule has 6 nitrogen and oxygen atoms in total. The molecule has 5 rings (SSSR count). The Bertz CT molecular complexity index is 1500. The minimum Gasteiger partial charge on any atom is -0.458 e. The van der Waals surface area contributed by atoms with Gasteiger partial charge in [0.15, 0.2) is 0 Å². The first-order chi connectivity index (χ1) is 21.1. The maximum Gasteiger partial charge on any atom is 0.308 e. The number of rotatable bonds is 13. The van der Waals surface area contributed by atoms with Gasteiger partial charge in [-0.05, 0) is 66.9 Å². The fourth-order valence-corrected chi connectivity index (χ4v) is 6.69. The highest BCUT2D eigenvalue weighted by atomic mass is 19.1. The summed E-state index contributed by atoms with van der Waals surface area (Å²) < 4.78 is 27.8. The summed E-state index contributed by atoms with van der Waals surface area (Å²) in [6.07, 6.45) is 2.53. The number of para-hydroxylation sites is 2. The van der Waals surface area contributed by atoms with Crippen LogP contribution in [0.15, 0.2) is 72.8 Å². The van der Waals surface area contributed by atoms with Gasteiger partial charge in [0, 0.05) is 31.7 Å². The minimum atomic E-state index is -0.797.